The maximum absolute atomic E-state index is 10.5. The second-order valence-electron chi connectivity index (χ2n) is 5.78. The van der Waals surface area contributed by atoms with Crippen LogP contribution in [0.1, 0.15) is 45.7 Å². The first-order valence-corrected chi connectivity index (χ1v) is 7.11. The van der Waals surface area contributed by atoms with Crippen LogP contribution in [0, 0.1) is 20.8 Å². The predicted molar refractivity (Wildman–Crippen MR) is 80.6 cm³/mol. The van der Waals surface area contributed by atoms with Gasteiger partial charge in [-0.05, 0) is 61.4 Å². The second-order valence-corrected chi connectivity index (χ2v) is 5.78. The van der Waals surface area contributed by atoms with E-state index in [1.54, 1.807) is 0 Å². The molecule has 3 rings (SSSR count). The van der Waals surface area contributed by atoms with Crippen molar-refractivity contribution in [2.75, 3.05) is 0 Å². The Morgan fingerprint density at radius 1 is 0.900 bits per heavy atom. The molecular weight excluding hydrogens is 248 g/mol. The third kappa shape index (κ3) is 1.71. The zero-order chi connectivity index (χ0) is 14.4. The highest BCUT2D eigenvalue weighted by molar-refractivity contribution is 5.61. The van der Waals surface area contributed by atoms with Gasteiger partial charge < -0.3 is 10.2 Å². The maximum Gasteiger partial charge on any atom is 0.126 e. The minimum Gasteiger partial charge on any atom is -0.507 e. The van der Waals surface area contributed by atoms with Crippen molar-refractivity contribution in [3.05, 3.63) is 57.6 Å². The number of fused-ring (bicyclic) bond motifs is 1. The van der Waals surface area contributed by atoms with Crippen molar-refractivity contribution in [1.29, 1.82) is 0 Å². The first-order valence-electron chi connectivity index (χ1n) is 7.11. The zero-order valence-corrected chi connectivity index (χ0v) is 12.2. The van der Waals surface area contributed by atoms with Crippen LogP contribution in [0.25, 0.3) is 0 Å². The van der Waals surface area contributed by atoms with Crippen molar-refractivity contribution in [3.63, 3.8) is 0 Å². The van der Waals surface area contributed by atoms with E-state index in [2.05, 4.69) is 12.1 Å². The van der Waals surface area contributed by atoms with Gasteiger partial charge in [-0.3, -0.25) is 0 Å². The fourth-order valence-corrected chi connectivity index (χ4v) is 3.34. The molecule has 0 spiro atoms. The summed E-state index contributed by atoms with van der Waals surface area (Å²) in [4.78, 5) is 0. The summed E-state index contributed by atoms with van der Waals surface area (Å²) in [5, 5.41) is 21.0. The van der Waals surface area contributed by atoms with Crippen LogP contribution >= 0.6 is 0 Å². The lowest BCUT2D eigenvalue weighted by Crippen LogP contribution is -2.02. The average molecular weight is 268 g/mol. The molecule has 0 bridgehead atoms. The minimum absolute atomic E-state index is 0.101. The number of hydrogen-bond acceptors (Lipinski definition) is 2. The lowest BCUT2D eigenvalue weighted by Gasteiger charge is -2.20. The molecule has 20 heavy (non-hydrogen) atoms. The molecule has 1 aliphatic carbocycles. The Hall–Kier alpha value is -1.96. The van der Waals surface area contributed by atoms with E-state index in [-0.39, 0.29) is 17.4 Å². The van der Waals surface area contributed by atoms with E-state index in [1.165, 1.54) is 11.1 Å². The van der Waals surface area contributed by atoms with Gasteiger partial charge in [-0.2, -0.15) is 0 Å². The Morgan fingerprint density at radius 3 is 2.15 bits per heavy atom. The Morgan fingerprint density at radius 2 is 1.50 bits per heavy atom. The highest BCUT2D eigenvalue weighted by Gasteiger charge is 2.30. The molecule has 2 aromatic rings. The topological polar surface area (TPSA) is 40.5 Å². The van der Waals surface area contributed by atoms with Crippen LogP contribution in [0.5, 0.6) is 11.5 Å². The van der Waals surface area contributed by atoms with Gasteiger partial charge >= 0.3 is 0 Å². The van der Waals surface area contributed by atoms with Crippen molar-refractivity contribution in [2.24, 2.45) is 0 Å². The summed E-state index contributed by atoms with van der Waals surface area (Å²) in [5.74, 6) is 0.615. The van der Waals surface area contributed by atoms with Crippen LogP contribution in [0.2, 0.25) is 0 Å². The van der Waals surface area contributed by atoms with Gasteiger partial charge in [-0.15, -0.1) is 0 Å². The molecule has 0 saturated carbocycles. The molecule has 1 aliphatic rings. The van der Waals surface area contributed by atoms with Gasteiger partial charge in [0.15, 0.2) is 0 Å². The van der Waals surface area contributed by atoms with Crippen LogP contribution in [-0.2, 0) is 6.42 Å². The van der Waals surface area contributed by atoms with Crippen LogP contribution in [0.15, 0.2) is 24.3 Å². The number of phenolic OH excluding ortho intramolecular Hbond substituents is 2. The van der Waals surface area contributed by atoms with Crippen molar-refractivity contribution < 1.29 is 10.2 Å². The number of benzene rings is 2. The molecule has 0 saturated heterocycles. The van der Waals surface area contributed by atoms with Crippen LogP contribution in [0.3, 0.4) is 0 Å². The van der Waals surface area contributed by atoms with Crippen LogP contribution in [-0.4, -0.2) is 10.2 Å². The standard InChI is InChI=1S/C18H20O2/c1-10-11(2)17(19)16(18(20)12(10)3)15-9-8-13-6-4-5-7-14(13)15/h4-7,15,19-20H,8-9H2,1-3H3. The van der Waals surface area contributed by atoms with E-state index in [0.717, 1.165) is 29.5 Å². The molecule has 2 nitrogen and oxygen atoms in total. The van der Waals surface area contributed by atoms with E-state index in [9.17, 15) is 10.2 Å². The van der Waals surface area contributed by atoms with Gasteiger partial charge in [-0.1, -0.05) is 24.3 Å². The van der Waals surface area contributed by atoms with Gasteiger partial charge in [0.05, 0.1) is 0 Å². The average Bonchev–Trinajstić information content (AvgIpc) is 2.87. The molecule has 1 atom stereocenters. The number of rotatable bonds is 1. The smallest absolute Gasteiger partial charge is 0.126 e. The minimum atomic E-state index is 0.101. The summed E-state index contributed by atoms with van der Waals surface area (Å²) < 4.78 is 0. The maximum atomic E-state index is 10.5. The Kier molecular flexibility index (Phi) is 2.97. The molecular formula is C18H20O2. The summed E-state index contributed by atoms with van der Waals surface area (Å²) in [7, 11) is 0. The quantitative estimate of drug-likeness (QED) is 0.817. The molecule has 104 valence electrons. The molecule has 2 aromatic carbocycles. The molecule has 0 heterocycles. The fraction of sp³-hybridized carbons (Fsp3) is 0.333. The first-order chi connectivity index (χ1) is 9.52. The Bertz CT molecular complexity index is 657. The number of aryl methyl sites for hydroxylation is 1. The van der Waals surface area contributed by atoms with Gasteiger partial charge in [0.1, 0.15) is 11.5 Å². The summed E-state index contributed by atoms with van der Waals surface area (Å²) in [6, 6.07) is 8.32. The van der Waals surface area contributed by atoms with Crippen LogP contribution in [0.4, 0.5) is 0 Å². The summed E-state index contributed by atoms with van der Waals surface area (Å²) in [5.41, 5.74) is 5.98. The molecule has 2 N–H and O–H groups in total. The van der Waals surface area contributed by atoms with E-state index in [0.29, 0.717) is 5.56 Å². The normalized spacial score (nSPS) is 17.2. The van der Waals surface area contributed by atoms with E-state index in [1.807, 2.05) is 32.9 Å². The van der Waals surface area contributed by atoms with Crippen molar-refractivity contribution >= 4 is 0 Å². The van der Waals surface area contributed by atoms with E-state index in [4.69, 9.17) is 0 Å². The van der Waals surface area contributed by atoms with Crippen molar-refractivity contribution in [1.82, 2.24) is 0 Å². The molecule has 1 unspecified atom stereocenters. The summed E-state index contributed by atoms with van der Waals surface area (Å²) >= 11 is 0. The molecule has 0 fully saturated rings. The fourth-order valence-electron chi connectivity index (χ4n) is 3.34. The molecule has 0 amide bonds. The summed E-state index contributed by atoms with van der Waals surface area (Å²) in [6.07, 6.45) is 1.95. The van der Waals surface area contributed by atoms with Gasteiger partial charge in [-0.25, -0.2) is 0 Å². The molecule has 0 aliphatic heterocycles. The number of hydrogen-bond donors (Lipinski definition) is 2. The summed E-state index contributed by atoms with van der Waals surface area (Å²) in [6.45, 7) is 5.78. The van der Waals surface area contributed by atoms with Crippen LogP contribution < -0.4 is 0 Å². The lowest BCUT2D eigenvalue weighted by atomic mass is 9.86. The third-order valence-corrected chi connectivity index (χ3v) is 4.83. The third-order valence-electron chi connectivity index (χ3n) is 4.83. The lowest BCUT2D eigenvalue weighted by molar-refractivity contribution is 0.426. The SMILES string of the molecule is Cc1c(C)c(O)c(C2CCc3ccccc32)c(O)c1C. The Labute approximate surface area is 119 Å². The number of aromatic hydroxyl groups is 2. The van der Waals surface area contributed by atoms with E-state index < -0.39 is 0 Å². The van der Waals surface area contributed by atoms with Gasteiger partial charge in [0.2, 0.25) is 0 Å². The largest absolute Gasteiger partial charge is 0.507 e. The van der Waals surface area contributed by atoms with E-state index >= 15 is 0 Å². The molecule has 0 aromatic heterocycles. The molecule has 0 radical (unpaired) electrons. The monoisotopic (exact) mass is 268 g/mol. The van der Waals surface area contributed by atoms with Crippen molar-refractivity contribution in [3.8, 4) is 11.5 Å². The zero-order valence-electron chi connectivity index (χ0n) is 12.2. The first kappa shape index (κ1) is 13.0. The number of phenols is 2. The second kappa shape index (κ2) is 4.55. The van der Waals surface area contributed by atoms with Gasteiger partial charge in [0, 0.05) is 11.5 Å². The van der Waals surface area contributed by atoms with Crippen molar-refractivity contribution in [2.45, 2.75) is 39.5 Å². The van der Waals surface area contributed by atoms with Gasteiger partial charge in [0.25, 0.3) is 0 Å². The predicted octanol–water partition coefficient (Wildman–Crippen LogP) is 4.10. The highest BCUT2D eigenvalue weighted by atomic mass is 16.3. The highest BCUT2D eigenvalue weighted by Crippen LogP contribution is 2.48. The molecule has 2 heteroatoms. The Balaban J connectivity index is 2.23.